The van der Waals surface area contributed by atoms with Crippen LogP contribution in [-0.2, 0) is 9.59 Å². The van der Waals surface area contributed by atoms with Crippen molar-refractivity contribution in [3.05, 3.63) is 35.9 Å². The number of hydrogen-bond donors (Lipinski definition) is 2. The second-order valence-electron chi connectivity index (χ2n) is 3.75. The van der Waals surface area contributed by atoms with Crippen LogP contribution in [0.5, 0.6) is 0 Å². The van der Waals surface area contributed by atoms with Crippen molar-refractivity contribution in [2.45, 2.75) is 12.8 Å². The number of amides is 1. The molecule has 4 nitrogen and oxygen atoms in total. The molecule has 1 atom stereocenters. The molecule has 2 N–H and O–H groups in total. The van der Waals surface area contributed by atoms with Crippen LogP contribution < -0.4 is 10.6 Å². The van der Waals surface area contributed by atoms with Crippen molar-refractivity contribution in [3.8, 4) is 0 Å². The smallest absolute Gasteiger partial charge is 0.303 e. The molecule has 0 aliphatic rings. The third-order valence-electron chi connectivity index (χ3n) is 2.28. The first kappa shape index (κ1) is 14.4. The lowest BCUT2D eigenvalue weighted by Crippen LogP contribution is -2.22. The minimum absolute atomic E-state index is 0.0679. The molecule has 5 heteroatoms. The van der Waals surface area contributed by atoms with Gasteiger partial charge >= 0.3 is 5.97 Å². The lowest BCUT2D eigenvalue weighted by atomic mass is 10.2. The number of carboxylic acids is 1. The van der Waals surface area contributed by atoms with Crippen molar-refractivity contribution in [1.29, 1.82) is 0 Å². The molecule has 0 saturated carbocycles. The number of rotatable bonds is 6. The molecule has 0 spiro atoms. The number of aliphatic carboxylic acids is 1. The van der Waals surface area contributed by atoms with Crippen molar-refractivity contribution in [3.63, 3.8) is 0 Å². The summed E-state index contributed by atoms with van der Waals surface area (Å²) in [6.07, 6.45) is 3.69. The molecule has 0 bridgehead atoms. The highest BCUT2D eigenvalue weighted by Gasteiger charge is 1.98. The van der Waals surface area contributed by atoms with Gasteiger partial charge in [0, 0.05) is 19.0 Å². The van der Waals surface area contributed by atoms with E-state index in [2.05, 4.69) is 14.6 Å². The first-order chi connectivity index (χ1) is 8.59. The van der Waals surface area contributed by atoms with Crippen molar-refractivity contribution >= 4 is 32.5 Å². The topological polar surface area (TPSA) is 66.4 Å². The SMILES string of the molecule is O=C(O)CCCNC(=O)/C=C/c1ccccc1P. The summed E-state index contributed by atoms with van der Waals surface area (Å²) >= 11 is 0. The van der Waals surface area contributed by atoms with Crippen molar-refractivity contribution in [2.24, 2.45) is 0 Å². The van der Waals surface area contributed by atoms with Crippen molar-refractivity contribution < 1.29 is 14.7 Å². The predicted octanol–water partition coefficient (Wildman–Crippen LogP) is 1.18. The summed E-state index contributed by atoms with van der Waals surface area (Å²) in [7, 11) is 2.60. The summed E-state index contributed by atoms with van der Waals surface area (Å²) in [6.45, 7) is 0.373. The van der Waals surface area contributed by atoms with E-state index < -0.39 is 5.97 Å². The molecule has 18 heavy (non-hydrogen) atoms. The Bertz CT molecular complexity index is 457. The molecule has 0 fully saturated rings. The quantitative estimate of drug-likeness (QED) is 0.461. The second kappa shape index (κ2) is 7.62. The largest absolute Gasteiger partial charge is 0.481 e. The molecule has 1 aromatic carbocycles. The van der Waals surface area contributed by atoms with Crippen molar-refractivity contribution in [2.75, 3.05) is 6.54 Å². The fourth-order valence-electron chi connectivity index (χ4n) is 1.34. The third kappa shape index (κ3) is 5.60. The van der Waals surface area contributed by atoms with E-state index in [1.807, 2.05) is 24.3 Å². The summed E-state index contributed by atoms with van der Waals surface area (Å²) in [5, 5.41) is 12.1. The van der Waals surface area contributed by atoms with Gasteiger partial charge < -0.3 is 10.4 Å². The van der Waals surface area contributed by atoms with E-state index in [1.54, 1.807) is 6.08 Å². The molecule has 96 valence electrons. The molecule has 1 unspecified atom stereocenters. The second-order valence-corrected chi connectivity index (χ2v) is 4.37. The van der Waals surface area contributed by atoms with Gasteiger partial charge in [0.25, 0.3) is 0 Å². The van der Waals surface area contributed by atoms with E-state index in [9.17, 15) is 9.59 Å². The molecule has 1 aromatic rings. The molecular weight excluding hydrogens is 249 g/mol. The van der Waals surface area contributed by atoms with Crippen LogP contribution in [0, 0.1) is 0 Å². The van der Waals surface area contributed by atoms with E-state index in [-0.39, 0.29) is 12.3 Å². The number of carbonyl (C=O) groups excluding carboxylic acids is 1. The molecule has 0 radical (unpaired) electrons. The van der Waals surface area contributed by atoms with Gasteiger partial charge in [0.05, 0.1) is 0 Å². The number of carbonyl (C=O) groups is 2. The van der Waals surface area contributed by atoms with Gasteiger partial charge in [0.1, 0.15) is 0 Å². The standard InChI is InChI=1S/C13H16NO3P/c15-12(14-9-3-6-13(16)17)8-7-10-4-1-2-5-11(10)18/h1-2,4-5,7-8H,3,6,9,18H2,(H,14,15)(H,16,17)/b8-7+. The molecule has 0 aliphatic carbocycles. The molecule has 0 aromatic heterocycles. The first-order valence-electron chi connectivity index (χ1n) is 5.62. The lowest BCUT2D eigenvalue weighted by molar-refractivity contribution is -0.137. The molecular formula is C13H16NO3P. The molecule has 0 aliphatic heterocycles. The van der Waals surface area contributed by atoms with Gasteiger partial charge in [-0.2, -0.15) is 0 Å². The molecule has 1 amide bonds. The summed E-state index contributed by atoms with van der Waals surface area (Å²) in [4.78, 5) is 21.7. The molecule has 0 saturated heterocycles. The van der Waals surface area contributed by atoms with E-state index in [0.29, 0.717) is 13.0 Å². The Morgan fingerprint density at radius 1 is 1.33 bits per heavy atom. The Morgan fingerprint density at radius 3 is 2.72 bits per heavy atom. The van der Waals surface area contributed by atoms with E-state index in [0.717, 1.165) is 10.9 Å². The number of nitrogens with one attached hydrogen (secondary N) is 1. The van der Waals surface area contributed by atoms with Gasteiger partial charge in [0.15, 0.2) is 0 Å². The van der Waals surface area contributed by atoms with E-state index in [4.69, 9.17) is 5.11 Å². The van der Waals surface area contributed by atoms with Crippen molar-refractivity contribution in [1.82, 2.24) is 5.32 Å². The summed E-state index contributed by atoms with van der Waals surface area (Å²) in [5.74, 6) is -1.06. The van der Waals surface area contributed by atoms with Crippen LogP contribution in [0.25, 0.3) is 6.08 Å². The lowest BCUT2D eigenvalue weighted by Gasteiger charge is -2.01. The fraction of sp³-hybridized carbons (Fsp3) is 0.231. The summed E-state index contributed by atoms with van der Waals surface area (Å²) in [5.41, 5.74) is 0.961. The summed E-state index contributed by atoms with van der Waals surface area (Å²) in [6, 6.07) is 7.68. The Hall–Kier alpha value is -1.67. The zero-order chi connectivity index (χ0) is 13.4. The van der Waals surface area contributed by atoms with Crippen LogP contribution in [0.2, 0.25) is 0 Å². The van der Waals surface area contributed by atoms with Gasteiger partial charge in [-0.3, -0.25) is 9.59 Å². The monoisotopic (exact) mass is 265 g/mol. The minimum atomic E-state index is -0.850. The minimum Gasteiger partial charge on any atom is -0.481 e. The highest BCUT2D eigenvalue weighted by atomic mass is 31.0. The average Bonchev–Trinajstić information content (AvgIpc) is 2.33. The first-order valence-corrected chi connectivity index (χ1v) is 6.19. The van der Waals surface area contributed by atoms with Gasteiger partial charge in [-0.15, -0.1) is 9.24 Å². The zero-order valence-corrected chi connectivity index (χ0v) is 11.1. The van der Waals surface area contributed by atoms with E-state index in [1.165, 1.54) is 6.08 Å². The zero-order valence-electron chi connectivity index (χ0n) is 9.93. The predicted molar refractivity (Wildman–Crippen MR) is 74.7 cm³/mol. The van der Waals surface area contributed by atoms with Gasteiger partial charge in [-0.05, 0) is 23.4 Å². The summed E-state index contributed by atoms with van der Waals surface area (Å²) < 4.78 is 0. The number of hydrogen-bond acceptors (Lipinski definition) is 2. The average molecular weight is 265 g/mol. The normalized spacial score (nSPS) is 10.5. The Balaban J connectivity index is 2.36. The van der Waals surface area contributed by atoms with Crippen LogP contribution in [-0.4, -0.2) is 23.5 Å². The fourth-order valence-corrected chi connectivity index (χ4v) is 1.64. The van der Waals surface area contributed by atoms with Crippen LogP contribution in [0.15, 0.2) is 30.3 Å². The van der Waals surface area contributed by atoms with Crippen LogP contribution in [0.3, 0.4) is 0 Å². The highest BCUT2D eigenvalue weighted by Crippen LogP contribution is 2.02. The highest BCUT2D eigenvalue weighted by molar-refractivity contribution is 7.27. The maximum Gasteiger partial charge on any atom is 0.303 e. The van der Waals surface area contributed by atoms with Gasteiger partial charge in [0.2, 0.25) is 5.91 Å². The Labute approximate surface area is 108 Å². The maximum absolute atomic E-state index is 11.4. The Kier molecular flexibility index (Phi) is 6.09. The van der Waals surface area contributed by atoms with Crippen LogP contribution in [0.4, 0.5) is 0 Å². The maximum atomic E-state index is 11.4. The van der Waals surface area contributed by atoms with E-state index >= 15 is 0 Å². The van der Waals surface area contributed by atoms with Gasteiger partial charge in [-0.1, -0.05) is 24.3 Å². The number of benzene rings is 1. The number of carboxylic acid groups (broad SMARTS) is 1. The molecule has 1 rings (SSSR count). The van der Waals surface area contributed by atoms with Crippen LogP contribution >= 0.6 is 9.24 Å². The van der Waals surface area contributed by atoms with Gasteiger partial charge in [-0.25, -0.2) is 0 Å². The molecule has 0 heterocycles. The third-order valence-corrected chi connectivity index (χ3v) is 2.80. The Morgan fingerprint density at radius 2 is 2.06 bits per heavy atom. The van der Waals surface area contributed by atoms with Crippen LogP contribution in [0.1, 0.15) is 18.4 Å².